The highest BCUT2D eigenvalue weighted by Gasteiger charge is 2.19. The standard InChI is InChI=1S/C18H17ClN2O4S/c1-24-17-7-4-14(19)12-18(17)26(22,23)21-9-10-25-15-5-6-16-13(11-15)3-2-8-20-16/h2-8,11-12,21H,9-10H2,1H3. The number of nitrogens with zero attached hydrogens (tertiary/aromatic N) is 1. The summed E-state index contributed by atoms with van der Waals surface area (Å²) in [6, 6.07) is 13.7. The van der Waals surface area contributed by atoms with E-state index >= 15 is 0 Å². The number of aromatic nitrogens is 1. The van der Waals surface area contributed by atoms with E-state index in [2.05, 4.69) is 9.71 Å². The summed E-state index contributed by atoms with van der Waals surface area (Å²) < 4.78 is 38.1. The van der Waals surface area contributed by atoms with Gasteiger partial charge in [-0.1, -0.05) is 17.7 Å². The van der Waals surface area contributed by atoms with Gasteiger partial charge in [0.1, 0.15) is 23.0 Å². The van der Waals surface area contributed by atoms with Crippen molar-refractivity contribution in [3.05, 3.63) is 59.8 Å². The molecule has 0 bridgehead atoms. The Morgan fingerprint density at radius 3 is 2.81 bits per heavy atom. The zero-order valence-electron chi connectivity index (χ0n) is 14.0. The summed E-state index contributed by atoms with van der Waals surface area (Å²) in [5.74, 6) is 0.870. The molecular formula is C18H17ClN2O4S. The van der Waals surface area contributed by atoms with Crippen LogP contribution in [0.3, 0.4) is 0 Å². The van der Waals surface area contributed by atoms with Crippen molar-refractivity contribution in [2.75, 3.05) is 20.3 Å². The summed E-state index contributed by atoms with van der Waals surface area (Å²) in [4.78, 5) is 4.23. The normalized spacial score (nSPS) is 11.5. The number of halogens is 1. The molecule has 1 aromatic heterocycles. The van der Waals surface area contributed by atoms with Gasteiger partial charge in [-0.05, 0) is 42.5 Å². The lowest BCUT2D eigenvalue weighted by atomic mass is 10.2. The second kappa shape index (κ2) is 7.90. The minimum Gasteiger partial charge on any atom is -0.495 e. The number of hydrogen-bond donors (Lipinski definition) is 1. The van der Waals surface area contributed by atoms with Crippen molar-refractivity contribution >= 4 is 32.5 Å². The fourth-order valence-corrected chi connectivity index (χ4v) is 3.87. The van der Waals surface area contributed by atoms with E-state index in [9.17, 15) is 8.42 Å². The van der Waals surface area contributed by atoms with Crippen molar-refractivity contribution in [3.8, 4) is 11.5 Å². The number of rotatable bonds is 7. The zero-order chi connectivity index (χ0) is 18.6. The van der Waals surface area contributed by atoms with Crippen LogP contribution >= 0.6 is 11.6 Å². The topological polar surface area (TPSA) is 77.5 Å². The number of ether oxygens (including phenoxy) is 2. The van der Waals surface area contributed by atoms with Crippen LogP contribution in [0.1, 0.15) is 0 Å². The smallest absolute Gasteiger partial charge is 0.244 e. The van der Waals surface area contributed by atoms with E-state index in [-0.39, 0.29) is 23.8 Å². The summed E-state index contributed by atoms with van der Waals surface area (Å²) in [5.41, 5.74) is 0.869. The van der Waals surface area contributed by atoms with Crippen LogP contribution in [0.2, 0.25) is 5.02 Å². The lowest BCUT2D eigenvalue weighted by Crippen LogP contribution is -2.28. The molecule has 1 N–H and O–H groups in total. The molecule has 0 unspecified atom stereocenters. The molecule has 0 aliphatic rings. The summed E-state index contributed by atoms with van der Waals surface area (Å²) in [6.45, 7) is 0.275. The molecule has 0 saturated carbocycles. The van der Waals surface area contributed by atoms with Crippen molar-refractivity contribution < 1.29 is 17.9 Å². The average Bonchev–Trinajstić information content (AvgIpc) is 2.65. The SMILES string of the molecule is COc1ccc(Cl)cc1S(=O)(=O)NCCOc1ccc2ncccc2c1. The molecule has 0 aliphatic heterocycles. The van der Waals surface area contributed by atoms with Gasteiger partial charge in [-0.2, -0.15) is 0 Å². The highest BCUT2D eigenvalue weighted by Crippen LogP contribution is 2.26. The number of nitrogens with one attached hydrogen (secondary N) is 1. The minimum absolute atomic E-state index is 0.00993. The zero-order valence-corrected chi connectivity index (χ0v) is 15.5. The Labute approximate surface area is 156 Å². The molecule has 1 heterocycles. The summed E-state index contributed by atoms with van der Waals surface area (Å²) >= 11 is 5.89. The van der Waals surface area contributed by atoms with E-state index in [1.165, 1.54) is 19.2 Å². The second-order valence-corrected chi connectivity index (χ2v) is 7.57. The predicted octanol–water partition coefficient (Wildman–Crippen LogP) is 3.25. The van der Waals surface area contributed by atoms with Crippen LogP contribution in [-0.4, -0.2) is 33.7 Å². The van der Waals surface area contributed by atoms with Gasteiger partial charge in [0.05, 0.1) is 12.6 Å². The number of pyridine rings is 1. The molecule has 8 heteroatoms. The van der Waals surface area contributed by atoms with Crippen LogP contribution in [0, 0.1) is 0 Å². The summed E-state index contributed by atoms with van der Waals surface area (Å²) in [6.07, 6.45) is 1.72. The second-order valence-electron chi connectivity index (χ2n) is 5.40. The van der Waals surface area contributed by atoms with Gasteiger partial charge in [0.15, 0.2) is 0 Å². The third-order valence-electron chi connectivity index (χ3n) is 3.65. The third kappa shape index (κ3) is 4.24. The van der Waals surface area contributed by atoms with Gasteiger partial charge in [0.2, 0.25) is 10.0 Å². The lowest BCUT2D eigenvalue weighted by molar-refractivity contribution is 0.323. The Hall–Kier alpha value is -2.35. The maximum absolute atomic E-state index is 12.4. The molecule has 0 atom stereocenters. The van der Waals surface area contributed by atoms with E-state index in [0.29, 0.717) is 10.8 Å². The molecule has 3 rings (SSSR count). The summed E-state index contributed by atoms with van der Waals surface area (Å²) in [5, 5.41) is 1.27. The molecule has 0 amide bonds. The number of benzene rings is 2. The first-order valence-corrected chi connectivity index (χ1v) is 9.66. The van der Waals surface area contributed by atoms with Crippen molar-refractivity contribution in [2.45, 2.75) is 4.90 Å². The van der Waals surface area contributed by atoms with Crippen LogP contribution < -0.4 is 14.2 Å². The largest absolute Gasteiger partial charge is 0.495 e. The Morgan fingerprint density at radius 1 is 1.15 bits per heavy atom. The van der Waals surface area contributed by atoms with E-state index in [4.69, 9.17) is 21.1 Å². The van der Waals surface area contributed by atoms with Crippen LogP contribution in [0.4, 0.5) is 0 Å². The maximum Gasteiger partial charge on any atom is 0.244 e. The van der Waals surface area contributed by atoms with Gasteiger partial charge in [-0.25, -0.2) is 13.1 Å². The lowest BCUT2D eigenvalue weighted by Gasteiger charge is -2.12. The van der Waals surface area contributed by atoms with Crippen molar-refractivity contribution in [3.63, 3.8) is 0 Å². The molecule has 136 valence electrons. The predicted molar refractivity (Wildman–Crippen MR) is 100 cm³/mol. The first kappa shape index (κ1) is 18.4. The Bertz CT molecular complexity index is 1020. The van der Waals surface area contributed by atoms with E-state index in [0.717, 1.165) is 10.9 Å². The molecule has 0 aliphatic carbocycles. The highest BCUT2D eigenvalue weighted by molar-refractivity contribution is 7.89. The minimum atomic E-state index is -3.76. The Kier molecular flexibility index (Phi) is 5.61. The first-order chi connectivity index (χ1) is 12.5. The van der Waals surface area contributed by atoms with Crippen LogP contribution in [0.25, 0.3) is 10.9 Å². The summed E-state index contributed by atoms with van der Waals surface area (Å²) in [7, 11) is -2.36. The molecule has 0 radical (unpaired) electrons. The van der Waals surface area contributed by atoms with Crippen molar-refractivity contribution in [1.29, 1.82) is 0 Å². The van der Waals surface area contributed by atoms with Gasteiger partial charge < -0.3 is 9.47 Å². The monoisotopic (exact) mass is 392 g/mol. The number of fused-ring (bicyclic) bond motifs is 1. The number of methoxy groups -OCH3 is 1. The van der Waals surface area contributed by atoms with Gasteiger partial charge in [-0.3, -0.25) is 4.98 Å². The Morgan fingerprint density at radius 2 is 2.00 bits per heavy atom. The fourth-order valence-electron chi connectivity index (χ4n) is 2.43. The number of hydrogen-bond acceptors (Lipinski definition) is 5. The van der Waals surface area contributed by atoms with Crippen LogP contribution in [0.5, 0.6) is 11.5 Å². The first-order valence-electron chi connectivity index (χ1n) is 7.80. The molecule has 0 saturated heterocycles. The molecular weight excluding hydrogens is 376 g/mol. The quantitative estimate of drug-likeness (QED) is 0.624. The third-order valence-corrected chi connectivity index (χ3v) is 5.37. The molecule has 2 aromatic carbocycles. The molecule has 6 nitrogen and oxygen atoms in total. The van der Waals surface area contributed by atoms with Crippen molar-refractivity contribution in [2.24, 2.45) is 0 Å². The molecule has 3 aromatic rings. The average molecular weight is 393 g/mol. The molecule has 26 heavy (non-hydrogen) atoms. The number of sulfonamides is 1. The van der Waals surface area contributed by atoms with Gasteiger partial charge in [-0.15, -0.1) is 0 Å². The highest BCUT2D eigenvalue weighted by atomic mass is 35.5. The maximum atomic E-state index is 12.4. The fraction of sp³-hybridized carbons (Fsp3) is 0.167. The van der Waals surface area contributed by atoms with Crippen LogP contribution in [-0.2, 0) is 10.0 Å². The van der Waals surface area contributed by atoms with E-state index < -0.39 is 10.0 Å². The molecule has 0 fully saturated rings. The van der Waals surface area contributed by atoms with Crippen LogP contribution in [0.15, 0.2) is 59.6 Å². The Balaban J connectivity index is 1.62. The van der Waals surface area contributed by atoms with E-state index in [1.807, 2.05) is 24.3 Å². The van der Waals surface area contributed by atoms with E-state index in [1.54, 1.807) is 18.3 Å². The van der Waals surface area contributed by atoms with Gasteiger partial charge in [0, 0.05) is 23.2 Å². The molecule has 0 spiro atoms. The van der Waals surface area contributed by atoms with Gasteiger partial charge >= 0.3 is 0 Å². The van der Waals surface area contributed by atoms with Gasteiger partial charge in [0.25, 0.3) is 0 Å². The van der Waals surface area contributed by atoms with Crippen molar-refractivity contribution in [1.82, 2.24) is 9.71 Å².